The molecule has 2 rings (SSSR count). The molecule has 0 aliphatic rings. The molecule has 0 amide bonds. The molecule has 0 fully saturated rings. The maximum atomic E-state index is 13.6. The first-order valence-corrected chi connectivity index (χ1v) is 8.18. The fourth-order valence-corrected chi connectivity index (χ4v) is 2.54. The highest BCUT2D eigenvalue weighted by Crippen LogP contribution is 2.43. The predicted octanol–water partition coefficient (Wildman–Crippen LogP) is 6.79. The van der Waals surface area contributed by atoms with Gasteiger partial charge in [-0.2, -0.15) is 30.7 Å². The van der Waals surface area contributed by atoms with Gasteiger partial charge >= 0.3 is 18.2 Å². The van der Waals surface area contributed by atoms with E-state index in [0.717, 1.165) is 0 Å². The zero-order valence-corrected chi connectivity index (χ0v) is 14.4. The molecule has 0 spiro atoms. The highest BCUT2D eigenvalue weighted by atomic mass is 35.5. The van der Waals surface area contributed by atoms with Gasteiger partial charge in [0, 0.05) is 5.88 Å². The lowest BCUT2D eigenvalue weighted by Gasteiger charge is -2.27. The van der Waals surface area contributed by atoms with Crippen molar-refractivity contribution in [1.29, 1.82) is 0 Å². The second-order valence-corrected chi connectivity index (χ2v) is 6.06. The summed E-state index contributed by atoms with van der Waals surface area (Å²) in [5.74, 6) is -5.37. The van der Waals surface area contributed by atoms with Crippen LogP contribution in [0.3, 0.4) is 0 Å². The van der Waals surface area contributed by atoms with Crippen LogP contribution in [0.15, 0.2) is 48.5 Å². The highest BCUT2D eigenvalue weighted by molar-refractivity contribution is 6.17. The van der Waals surface area contributed by atoms with Gasteiger partial charge in [0.15, 0.2) is 0 Å². The van der Waals surface area contributed by atoms with Crippen LogP contribution in [0, 0.1) is 0 Å². The van der Waals surface area contributed by atoms with Gasteiger partial charge in [-0.05, 0) is 22.3 Å². The van der Waals surface area contributed by atoms with Crippen LogP contribution in [0.5, 0.6) is 0 Å². The van der Waals surface area contributed by atoms with Gasteiger partial charge in [0.2, 0.25) is 0 Å². The quantitative estimate of drug-likeness (QED) is 0.358. The van der Waals surface area contributed by atoms with Crippen molar-refractivity contribution in [2.45, 2.75) is 37.1 Å². The number of benzene rings is 2. The van der Waals surface area contributed by atoms with Crippen LogP contribution in [0.2, 0.25) is 0 Å². The summed E-state index contributed by atoms with van der Waals surface area (Å²) in [6.07, 6.45) is -13.8. The third-order valence-electron chi connectivity index (χ3n) is 3.67. The third-order valence-corrected chi connectivity index (χ3v) is 3.97. The molecule has 0 unspecified atom stereocenters. The molecule has 2 aromatic rings. The molecule has 0 N–H and O–H groups in total. The molecule has 0 bridgehead atoms. The summed E-state index contributed by atoms with van der Waals surface area (Å²) < 4.78 is 94.4. The number of rotatable bonds is 7. The van der Waals surface area contributed by atoms with Crippen LogP contribution < -0.4 is 0 Å². The van der Waals surface area contributed by atoms with Crippen molar-refractivity contribution in [2.24, 2.45) is 0 Å². The molecule has 0 radical (unpaired) electrons. The average Bonchev–Trinajstić information content (AvgIpc) is 2.58. The largest absolute Gasteiger partial charge is 0.420 e. The van der Waals surface area contributed by atoms with Crippen LogP contribution in [0.1, 0.15) is 17.5 Å². The molecule has 0 aromatic heterocycles. The lowest BCUT2D eigenvalue weighted by molar-refractivity contribution is -0.369. The summed E-state index contributed by atoms with van der Waals surface area (Å²) in [5, 5.41) is 0. The SMILES string of the molecule is FC(F)(F)CC(F)(F)C(F)(F)OCc1cc(CCl)ccc1-c1ccccc1. The predicted molar refractivity (Wildman–Crippen MR) is 86.8 cm³/mol. The zero-order chi connectivity index (χ0) is 20.3. The van der Waals surface area contributed by atoms with E-state index in [4.69, 9.17) is 11.6 Å². The van der Waals surface area contributed by atoms with Gasteiger partial charge in [0.1, 0.15) is 6.42 Å². The van der Waals surface area contributed by atoms with Gasteiger partial charge in [-0.1, -0.05) is 48.5 Å². The van der Waals surface area contributed by atoms with E-state index in [0.29, 0.717) is 16.7 Å². The molecule has 0 saturated heterocycles. The van der Waals surface area contributed by atoms with Crippen molar-refractivity contribution in [2.75, 3.05) is 0 Å². The lowest BCUT2D eigenvalue weighted by atomic mass is 9.98. The topological polar surface area (TPSA) is 9.23 Å². The van der Waals surface area contributed by atoms with Crippen LogP contribution in [0.4, 0.5) is 30.7 Å². The molecule has 2 aromatic carbocycles. The van der Waals surface area contributed by atoms with E-state index in [1.165, 1.54) is 6.07 Å². The van der Waals surface area contributed by atoms with Crippen molar-refractivity contribution < 1.29 is 35.5 Å². The molecule has 0 heterocycles. The third kappa shape index (κ3) is 5.59. The van der Waals surface area contributed by atoms with Crippen molar-refractivity contribution in [3.8, 4) is 11.1 Å². The fraction of sp³-hybridized carbons (Fsp3) is 0.333. The Morgan fingerprint density at radius 1 is 0.852 bits per heavy atom. The van der Waals surface area contributed by atoms with E-state index in [1.807, 2.05) is 0 Å². The van der Waals surface area contributed by atoms with Crippen molar-refractivity contribution in [1.82, 2.24) is 0 Å². The average molecular weight is 415 g/mol. The maximum Gasteiger partial charge on any atom is 0.420 e. The Hall–Kier alpha value is -1.80. The Morgan fingerprint density at radius 3 is 2.04 bits per heavy atom. The van der Waals surface area contributed by atoms with E-state index in [1.54, 1.807) is 42.5 Å². The van der Waals surface area contributed by atoms with Gasteiger partial charge in [-0.3, -0.25) is 0 Å². The Labute approximate surface area is 155 Å². The molecule has 0 atom stereocenters. The number of halogens is 8. The van der Waals surface area contributed by atoms with E-state index >= 15 is 0 Å². The Balaban J connectivity index is 2.28. The van der Waals surface area contributed by atoms with E-state index in [9.17, 15) is 30.7 Å². The molecule has 0 aliphatic heterocycles. The first-order chi connectivity index (χ1) is 12.5. The minimum absolute atomic E-state index is 0.0305. The minimum atomic E-state index is -5.47. The zero-order valence-electron chi connectivity index (χ0n) is 13.7. The highest BCUT2D eigenvalue weighted by Gasteiger charge is 2.62. The summed E-state index contributed by atoms with van der Waals surface area (Å²) in [6.45, 7) is -1.02. The normalized spacial score (nSPS) is 13.0. The van der Waals surface area contributed by atoms with Gasteiger partial charge in [-0.25, -0.2) is 0 Å². The monoisotopic (exact) mass is 414 g/mol. The van der Waals surface area contributed by atoms with Gasteiger partial charge in [0.25, 0.3) is 0 Å². The minimum Gasteiger partial charge on any atom is -0.311 e. The lowest BCUT2D eigenvalue weighted by Crippen LogP contribution is -2.45. The number of hydrogen-bond acceptors (Lipinski definition) is 1. The number of alkyl halides is 8. The molecule has 27 heavy (non-hydrogen) atoms. The number of ether oxygens (including phenoxy) is 1. The molecule has 1 nitrogen and oxygen atoms in total. The van der Waals surface area contributed by atoms with Gasteiger partial charge in [-0.15, -0.1) is 11.6 Å². The summed E-state index contributed by atoms with van der Waals surface area (Å²) >= 11 is 5.70. The van der Waals surface area contributed by atoms with Crippen LogP contribution in [-0.2, 0) is 17.2 Å². The molecule has 0 aliphatic carbocycles. The molecule has 0 saturated carbocycles. The van der Waals surface area contributed by atoms with E-state index in [-0.39, 0.29) is 11.4 Å². The van der Waals surface area contributed by atoms with Crippen molar-refractivity contribution in [3.63, 3.8) is 0 Å². The van der Waals surface area contributed by atoms with Gasteiger partial charge in [0.05, 0.1) is 6.61 Å². The first-order valence-electron chi connectivity index (χ1n) is 7.65. The fourth-order valence-electron chi connectivity index (χ4n) is 2.38. The molecule has 9 heteroatoms. The summed E-state index contributed by atoms with van der Waals surface area (Å²) in [7, 11) is 0. The van der Waals surface area contributed by atoms with Crippen molar-refractivity contribution in [3.05, 3.63) is 59.7 Å². The van der Waals surface area contributed by atoms with Crippen LogP contribution >= 0.6 is 11.6 Å². The standard InChI is InChI=1S/C18H14ClF7O/c19-9-12-6-7-15(13-4-2-1-3-5-13)14(8-12)10-27-18(25,26)16(20,21)11-17(22,23)24/h1-8H,9-11H2. The summed E-state index contributed by atoms with van der Waals surface area (Å²) in [4.78, 5) is 0. The summed E-state index contributed by atoms with van der Waals surface area (Å²) in [6, 6.07) is 13.0. The Morgan fingerprint density at radius 2 is 1.48 bits per heavy atom. The molecular weight excluding hydrogens is 401 g/mol. The number of hydrogen-bond donors (Lipinski definition) is 0. The van der Waals surface area contributed by atoms with E-state index < -0.39 is 31.2 Å². The molecular formula is C18H14ClF7O. The van der Waals surface area contributed by atoms with Crippen molar-refractivity contribution >= 4 is 11.6 Å². The first kappa shape index (κ1) is 21.5. The second-order valence-electron chi connectivity index (χ2n) is 5.79. The second kappa shape index (κ2) is 8.06. The maximum absolute atomic E-state index is 13.6. The Kier molecular flexibility index (Phi) is 6.42. The smallest absolute Gasteiger partial charge is 0.311 e. The van der Waals surface area contributed by atoms with E-state index in [2.05, 4.69) is 4.74 Å². The molecule has 148 valence electrons. The van der Waals surface area contributed by atoms with Crippen LogP contribution in [0.25, 0.3) is 11.1 Å². The summed E-state index contributed by atoms with van der Waals surface area (Å²) in [5.41, 5.74) is 1.63. The van der Waals surface area contributed by atoms with Gasteiger partial charge < -0.3 is 4.74 Å². The van der Waals surface area contributed by atoms with Crippen LogP contribution in [-0.4, -0.2) is 18.2 Å². The Bertz CT molecular complexity index is 760.